The first-order valence-corrected chi connectivity index (χ1v) is 9.91. The molecule has 4 rings (SSSR count). The topological polar surface area (TPSA) is 65.5 Å². The molecule has 1 aliphatic heterocycles. The summed E-state index contributed by atoms with van der Waals surface area (Å²) in [4.78, 5) is 10.3. The number of nitrogens with zero attached hydrogens (tertiary/aromatic N) is 2. The van der Waals surface area contributed by atoms with Crippen LogP contribution in [0.15, 0.2) is 35.7 Å². The third-order valence-electron chi connectivity index (χ3n) is 4.61. The van der Waals surface area contributed by atoms with Crippen LogP contribution in [0.3, 0.4) is 0 Å². The van der Waals surface area contributed by atoms with Crippen LogP contribution >= 0.6 is 11.3 Å². The van der Waals surface area contributed by atoms with Crippen LogP contribution in [-0.4, -0.2) is 42.6 Å². The Morgan fingerprint density at radius 2 is 1.96 bits per heavy atom. The Bertz CT molecular complexity index is 907. The summed E-state index contributed by atoms with van der Waals surface area (Å²) in [5, 5.41) is 6.66. The summed E-state index contributed by atoms with van der Waals surface area (Å²) in [6, 6.07) is 10.3. The Hall–Kier alpha value is -2.06. The van der Waals surface area contributed by atoms with E-state index >= 15 is 0 Å². The van der Waals surface area contributed by atoms with Crippen molar-refractivity contribution < 1.29 is 14.2 Å². The molecule has 1 aliphatic rings. The van der Waals surface area contributed by atoms with Gasteiger partial charge >= 0.3 is 0 Å². The maximum Gasteiger partial charge on any atom is 0.167 e. The predicted octanol–water partition coefficient (Wildman–Crippen LogP) is 4.07. The molecule has 2 aromatic heterocycles. The minimum atomic E-state index is -0.522. The molecule has 27 heavy (non-hydrogen) atoms. The Balaban J connectivity index is 1.66. The number of hydrogen-bond donors (Lipinski definition) is 1. The van der Waals surface area contributed by atoms with E-state index in [1.54, 1.807) is 18.4 Å². The lowest BCUT2D eigenvalue weighted by atomic mass is 10.1. The Morgan fingerprint density at radius 3 is 2.70 bits per heavy atom. The fraction of sp³-hybridized carbons (Fsp3) is 0.400. The summed E-state index contributed by atoms with van der Waals surface area (Å²) in [5.41, 5.74) is 2.30. The summed E-state index contributed by atoms with van der Waals surface area (Å²) in [5.74, 6) is 0.980. The van der Waals surface area contributed by atoms with E-state index in [4.69, 9.17) is 19.2 Å². The van der Waals surface area contributed by atoms with Crippen LogP contribution in [0.5, 0.6) is 0 Å². The molecule has 0 bridgehead atoms. The van der Waals surface area contributed by atoms with E-state index in [1.807, 2.05) is 25.1 Å². The molecule has 1 N–H and O–H groups in total. The molecule has 0 atom stereocenters. The molecule has 142 valence electrons. The van der Waals surface area contributed by atoms with E-state index < -0.39 is 5.79 Å². The number of rotatable bonds is 7. The summed E-state index contributed by atoms with van der Waals surface area (Å²) >= 11 is 1.62. The normalized spacial score (nSPS) is 16.1. The second-order valence-corrected chi connectivity index (χ2v) is 7.48. The van der Waals surface area contributed by atoms with Gasteiger partial charge in [0, 0.05) is 31.0 Å². The molecule has 1 saturated heterocycles. The predicted molar refractivity (Wildman–Crippen MR) is 107 cm³/mol. The maximum absolute atomic E-state index is 5.69. The molecule has 6 nitrogen and oxygen atoms in total. The van der Waals surface area contributed by atoms with Gasteiger partial charge in [0.1, 0.15) is 17.3 Å². The maximum atomic E-state index is 5.69. The van der Waals surface area contributed by atoms with E-state index in [9.17, 15) is 0 Å². The van der Waals surface area contributed by atoms with Gasteiger partial charge in [-0.25, -0.2) is 9.97 Å². The molecule has 1 aromatic carbocycles. The highest BCUT2D eigenvalue weighted by Crippen LogP contribution is 2.37. The number of benzene rings is 1. The van der Waals surface area contributed by atoms with Gasteiger partial charge < -0.3 is 19.5 Å². The van der Waals surface area contributed by atoms with Gasteiger partial charge in [0.25, 0.3) is 0 Å². The Labute approximate surface area is 162 Å². The van der Waals surface area contributed by atoms with Crippen LogP contribution in [0.25, 0.3) is 21.3 Å². The van der Waals surface area contributed by atoms with Gasteiger partial charge in [-0.05, 0) is 12.5 Å². The minimum Gasteiger partial charge on any atom is -0.377 e. The van der Waals surface area contributed by atoms with Crippen molar-refractivity contribution in [3.05, 3.63) is 41.5 Å². The number of methoxy groups -OCH3 is 1. The molecule has 0 amide bonds. The van der Waals surface area contributed by atoms with Crippen molar-refractivity contribution in [3.63, 3.8) is 0 Å². The van der Waals surface area contributed by atoms with Crippen molar-refractivity contribution in [2.75, 3.05) is 32.2 Å². The van der Waals surface area contributed by atoms with Crippen LogP contribution in [0.2, 0.25) is 0 Å². The zero-order valence-corrected chi connectivity index (χ0v) is 16.3. The number of fused-ring (bicyclic) bond motifs is 1. The quantitative estimate of drug-likeness (QED) is 0.661. The van der Waals surface area contributed by atoms with Crippen molar-refractivity contribution in [3.8, 4) is 11.1 Å². The van der Waals surface area contributed by atoms with E-state index in [-0.39, 0.29) is 0 Å². The van der Waals surface area contributed by atoms with Crippen LogP contribution in [-0.2, 0) is 20.8 Å². The number of anilines is 1. The van der Waals surface area contributed by atoms with Gasteiger partial charge in [0.05, 0.1) is 18.6 Å². The summed E-state index contributed by atoms with van der Waals surface area (Å²) in [6.07, 6.45) is 0.739. The Kier molecular flexibility index (Phi) is 5.36. The molecule has 0 aliphatic carbocycles. The number of hydrogen-bond acceptors (Lipinski definition) is 7. The highest BCUT2D eigenvalue weighted by Gasteiger charge is 2.30. The van der Waals surface area contributed by atoms with Gasteiger partial charge in [0.2, 0.25) is 0 Å². The molecule has 7 heteroatoms. The van der Waals surface area contributed by atoms with E-state index in [2.05, 4.69) is 27.8 Å². The molecule has 0 spiro atoms. The molecular weight excluding hydrogens is 362 g/mol. The van der Waals surface area contributed by atoms with Gasteiger partial charge in [-0.3, -0.25) is 0 Å². The van der Waals surface area contributed by atoms with E-state index in [0.717, 1.165) is 33.6 Å². The van der Waals surface area contributed by atoms with Crippen LogP contribution in [0, 0.1) is 0 Å². The largest absolute Gasteiger partial charge is 0.377 e. The summed E-state index contributed by atoms with van der Waals surface area (Å²) < 4.78 is 16.6. The minimum absolute atomic E-state index is 0.382. The number of thiophene rings is 1. The standard InChI is InChI=1S/C20H23N3O3S/c1-20(25-10-11-26-20)8-9-21-18-17-15(14-6-4-3-5-7-14)13-27-19(17)23-16(22-18)12-24-2/h3-7,13H,8-12H2,1-2H3,(H,21,22,23). The smallest absolute Gasteiger partial charge is 0.167 e. The SMILES string of the molecule is COCc1nc(NCCC2(C)OCCO2)c2c(-c3ccccc3)csc2n1. The summed E-state index contributed by atoms with van der Waals surface area (Å²) in [7, 11) is 1.65. The molecular formula is C20H23N3O3S. The monoisotopic (exact) mass is 385 g/mol. The van der Waals surface area contributed by atoms with Crippen LogP contribution < -0.4 is 5.32 Å². The average Bonchev–Trinajstić information content (AvgIpc) is 3.29. The van der Waals surface area contributed by atoms with E-state index in [0.29, 0.717) is 32.2 Å². The second-order valence-electron chi connectivity index (χ2n) is 6.62. The van der Waals surface area contributed by atoms with Crippen molar-refractivity contribution >= 4 is 27.4 Å². The van der Waals surface area contributed by atoms with E-state index in [1.165, 1.54) is 0 Å². The van der Waals surface area contributed by atoms with Crippen molar-refractivity contribution in [2.45, 2.75) is 25.7 Å². The highest BCUT2D eigenvalue weighted by molar-refractivity contribution is 7.17. The van der Waals surface area contributed by atoms with Crippen LogP contribution in [0.4, 0.5) is 5.82 Å². The molecule has 0 saturated carbocycles. The fourth-order valence-corrected chi connectivity index (χ4v) is 4.21. The van der Waals surface area contributed by atoms with Crippen molar-refractivity contribution in [1.29, 1.82) is 0 Å². The Morgan fingerprint density at radius 1 is 1.19 bits per heavy atom. The van der Waals surface area contributed by atoms with Crippen LogP contribution in [0.1, 0.15) is 19.2 Å². The fourth-order valence-electron chi connectivity index (χ4n) is 3.25. The third kappa shape index (κ3) is 3.96. The molecule has 3 heterocycles. The molecule has 0 unspecified atom stereocenters. The lowest BCUT2D eigenvalue weighted by Crippen LogP contribution is -2.28. The number of aromatic nitrogens is 2. The van der Waals surface area contributed by atoms with Gasteiger partial charge in [0.15, 0.2) is 11.6 Å². The lowest BCUT2D eigenvalue weighted by molar-refractivity contribution is -0.144. The van der Waals surface area contributed by atoms with Gasteiger partial charge in [-0.15, -0.1) is 11.3 Å². The highest BCUT2D eigenvalue weighted by atomic mass is 32.1. The molecule has 1 fully saturated rings. The third-order valence-corrected chi connectivity index (χ3v) is 5.48. The molecule has 0 radical (unpaired) electrons. The second kappa shape index (κ2) is 7.90. The van der Waals surface area contributed by atoms with Crippen molar-refractivity contribution in [2.24, 2.45) is 0 Å². The number of ether oxygens (including phenoxy) is 3. The van der Waals surface area contributed by atoms with Gasteiger partial charge in [-0.2, -0.15) is 0 Å². The first-order valence-electron chi connectivity index (χ1n) is 9.03. The molecule has 3 aromatic rings. The zero-order valence-electron chi connectivity index (χ0n) is 15.5. The lowest BCUT2D eigenvalue weighted by Gasteiger charge is -2.22. The zero-order chi connectivity index (χ0) is 18.7. The first-order chi connectivity index (χ1) is 13.2. The first kappa shape index (κ1) is 18.3. The van der Waals surface area contributed by atoms with Gasteiger partial charge in [-0.1, -0.05) is 30.3 Å². The van der Waals surface area contributed by atoms with Crippen molar-refractivity contribution in [1.82, 2.24) is 9.97 Å². The number of nitrogens with one attached hydrogen (secondary N) is 1. The summed E-state index contributed by atoms with van der Waals surface area (Å²) in [6.45, 7) is 4.35. The average molecular weight is 385 g/mol.